The molecule has 26 heavy (non-hydrogen) atoms. The number of aromatic nitrogens is 4. The average Bonchev–Trinajstić information content (AvgIpc) is 3.22. The van der Waals surface area contributed by atoms with Gasteiger partial charge in [0, 0.05) is 5.56 Å². The second-order valence-electron chi connectivity index (χ2n) is 5.59. The molecule has 0 spiro atoms. The summed E-state index contributed by atoms with van der Waals surface area (Å²) in [5.74, 6) is 0.866. The fourth-order valence-electron chi connectivity index (χ4n) is 2.66. The molecule has 0 radical (unpaired) electrons. The van der Waals surface area contributed by atoms with Gasteiger partial charge in [-0.05, 0) is 24.6 Å². The van der Waals surface area contributed by atoms with Crippen LogP contribution in [0.1, 0.15) is 15.9 Å². The van der Waals surface area contributed by atoms with Gasteiger partial charge in [0.1, 0.15) is 5.75 Å². The summed E-state index contributed by atoms with van der Waals surface area (Å²) in [7, 11) is 1.53. The number of amides is 1. The van der Waals surface area contributed by atoms with Crippen LogP contribution in [0.4, 0.5) is 5.13 Å². The van der Waals surface area contributed by atoms with Crippen molar-refractivity contribution in [1.82, 2.24) is 19.8 Å². The molecule has 2 aromatic heterocycles. The maximum absolute atomic E-state index is 12.5. The minimum absolute atomic E-state index is 0.287. The van der Waals surface area contributed by atoms with E-state index in [0.29, 0.717) is 27.2 Å². The monoisotopic (exact) mass is 365 g/mol. The maximum atomic E-state index is 12.5. The van der Waals surface area contributed by atoms with Crippen LogP contribution in [-0.4, -0.2) is 32.8 Å². The zero-order valence-corrected chi connectivity index (χ0v) is 14.9. The van der Waals surface area contributed by atoms with Crippen LogP contribution in [0.3, 0.4) is 0 Å². The third-order valence-electron chi connectivity index (χ3n) is 3.95. The van der Waals surface area contributed by atoms with E-state index < -0.39 is 0 Å². The molecule has 2 aromatic carbocycles. The minimum Gasteiger partial charge on any atom is -0.496 e. The molecule has 0 unspecified atom stereocenters. The molecule has 8 heteroatoms. The van der Waals surface area contributed by atoms with Gasteiger partial charge in [-0.3, -0.25) is 10.1 Å². The lowest BCUT2D eigenvalue weighted by Gasteiger charge is -2.06. The molecule has 0 aliphatic carbocycles. The number of nitrogens with zero attached hydrogens (tertiary/aromatic N) is 4. The van der Waals surface area contributed by atoms with Crippen molar-refractivity contribution < 1.29 is 9.53 Å². The predicted molar refractivity (Wildman–Crippen MR) is 99.8 cm³/mol. The summed E-state index contributed by atoms with van der Waals surface area (Å²) in [6, 6.07) is 14.9. The highest BCUT2D eigenvalue weighted by atomic mass is 32.1. The Labute approximate surface area is 153 Å². The normalized spacial score (nSPS) is 10.8. The predicted octanol–water partition coefficient (Wildman–Crippen LogP) is 3.42. The van der Waals surface area contributed by atoms with Gasteiger partial charge >= 0.3 is 0 Å². The Balaban J connectivity index is 1.67. The number of para-hydroxylation sites is 1. The van der Waals surface area contributed by atoms with Crippen molar-refractivity contribution in [2.45, 2.75) is 6.92 Å². The molecule has 7 nitrogen and oxygen atoms in total. The van der Waals surface area contributed by atoms with Crippen molar-refractivity contribution in [3.8, 4) is 17.1 Å². The van der Waals surface area contributed by atoms with Gasteiger partial charge in [0.15, 0.2) is 5.82 Å². The Morgan fingerprint density at radius 3 is 2.69 bits per heavy atom. The fourth-order valence-corrected chi connectivity index (χ4v) is 3.39. The summed E-state index contributed by atoms with van der Waals surface area (Å²) in [6.45, 7) is 2.01. The smallest absolute Gasteiger partial charge is 0.261 e. The molecule has 0 saturated carbocycles. The first-order chi connectivity index (χ1) is 12.7. The number of anilines is 1. The Bertz CT molecular complexity index is 1100. The first kappa shape index (κ1) is 16.2. The zero-order valence-electron chi connectivity index (χ0n) is 14.1. The van der Waals surface area contributed by atoms with Crippen LogP contribution in [0.15, 0.2) is 48.5 Å². The maximum Gasteiger partial charge on any atom is 0.261 e. The van der Waals surface area contributed by atoms with Crippen LogP contribution < -0.4 is 10.1 Å². The SMILES string of the molecule is COc1ccccc1C(=O)Nc1nn2c(-c3ccccc3C)nnc2s1. The third-order valence-corrected chi connectivity index (χ3v) is 4.76. The van der Waals surface area contributed by atoms with Crippen LogP contribution in [0.25, 0.3) is 16.3 Å². The van der Waals surface area contributed by atoms with Crippen molar-refractivity contribution in [2.75, 3.05) is 12.4 Å². The minimum atomic E-state index is -0.287. The molecular formula is C18H15N5O2S. The second-order valence-corrected chi connectivity index (χ2v) is 6.55. The van der Waals surface area contributed by atoms with E-state index in [4.69, 9.17) is 4.74 Å². The molecule has 2 heterocycles. The summed E-state index contributed by atoms with van der Waals surface area (Å²) in [5.41, 5.74) is 2.47. The summed E-state index contributed by atoms with van der Waals surface area (Å²) < 4.78 is 6.88. The molecule has 1 amide bonds. The molecule has 0 aliphatic heterocycles. The average molecular weight is 365 g/mol. The molecule has 0 atom stereocenters. The third kappa shape index (κ3) is 2.80. The number of hydrogen-bond acceptors (Lipinski definition) is 6. The Morgan fingerprint density at radius 1 is 1.12 bits per heavy atom. The summed E-state index contributed by atoms with van der Waals surface area (Å²) >= 11 is 1.26. The summed E-state index contributed by atoms with van der Waals surface area (Å²) in [6.07, 6.45) is 0. The highest BCUT2D eigenvalue weighted by Gasteiger charge is 2.18. The number of aryl methyl sites for hydroxylation is 1. The van der Waals surface area contributed by atoms with Gasteiger partial charge in [-0.15, -0.1) is 15.3 Å². The van der Waals surface area contributed by atoms with E-state index >= 15 is 0 Å². The lowest BCUT2D eigenvalue weighted by atomic mass is 10.1. The van der Waals surface area contributed by atoms with Crippen LogP contribution in [0.2, 0.25) is 0 Å². The van der Waals surface area contributed by atoms with Gasteiger partial charge in [0.2, 0.25) is 10.1 Å². The van der Waals surface area contributed by atoms with E-state index in [9.17, 15) is 4.79 Å². The van der Waals surface area contributed by atoms with Crippen molar-refractivity contribution in [1.29, 1.82) is 0 Å². The topological polar surface area (TPSA) is 81.4 Å². The second kappa shape index (κ2) is 6.57. The van der Waals surface area contributed by atoms with Crippen LogP contribution in [-0.2, 0) is 0 Å². The summed E-state index contributed by atoms with van der Waals surface area (Å²) in [5, 5.41) is 16.1. The van der Waals surface area contributed by atoms with Gasteiger partial charge in [-0.1, -0.05) is 47.7 Å². The van der Waals surface area contributed by atoms with E-state index in [-0.39, 0.29) is 5.91 Å². The molecule has 130 valence electrons. The number of fused-ring (bicyclic) bond motifs is 1. The van der Waals surface area contributed by atoms with Crippen molar-refractivity contribution in [3.63, 3.8) is 0 Å². The largest absolute Gasteiger partial charge is 0.496 e. The van der Waals surface area contributed by atoms with E-state index in [1.54, 1.807) is 22.7 Å². The number of rotatable bonds is 4. The highest BCUT2D eigenvalue weighted by Crippen LogP contribution is 2.27. The molecule has 0 saturated heterocycles. The molecule has 4 rings (SSSR count). The number of benzene rings is 2. The molecule has 4 aromatic rings. The van der Waals surface area contributed by atoms with E-state index in [1.165, 1.54) is 18.4 Å². The van der Waals surface area contributed by atoms with Gasteiger partial charge in [-0.25, -0.2) is 0 Å². The van der Waals surface area contributed by atoms with Crippen LogP contribution in [0, 0.1) is 6.92 Å². The van der Waals surface area contributed by atoms with Crippen LogP contribution >= 0.6 is 11.3 Å². The Hall–Kier alpha value is -3.26. The molecule has 0 fully saturated rings. The van der Waals surface area contributed by atoms with E-state index in [2.05, 4.69) is 20.6 Å². The quantitative estimate of drug-likeness (QED) is 0.599. The highest BCUT2D eigenvalue weighted by molar-refractivity contribution is 7.20. The van der Waals surface area contributed by atoms with Crippen molar-refractivity contribution >= 4 is 27.3 Å². The number of nitrogens with one attached hydrogen (secondary N) is 1. The van der Waals surface area contributed by atoms with E-state index in [1.807, 2.05) is 37.3 Å². The number of hydrogen-bond donors (Lipinski definition) is 1. The van der Waals surface area contributed by atoms with Crippen molar-refractivity contribution in [2.24, 2.45) is 0 Å². The number of methoxy groups -OCH3 is 1. The summed E-state index contributed by atoms with van der Waals surface area (Å²) in [4.78, 5) is 13.1. The fraction of sp³-hybridized carbons (Fsp3) is 0.111. The first-order valence-corrected chi connectivity index (χ1v) is 8.71. The molecule has 0 aliphatic rings. The van der Waals surface area contributed by atoms with Gasteiger partial charge in [-0.2, -0.15) is 4.52 Å². The standard InChI is InChI=1S/C18H15N5O2S/c1-11-7-3-4-8-12(11)15-20-21-18-23(15)22-17(26-18)19-16(24)13-9-5-6-10-14(13)25-2/h3-10H,1-2H3,(H,19,22,24). The molecular weight excluding hydrogens is 350 g/mol. The number of carbonyl (C=O) groups excluding carboxylic acids is 1. The Kier molecular flexibility index (Phi) is 4.10. The lowest BCUT2D eigenvalue weighted by Crippen LogP contribution is -2.13. The number of carbonyl (C=O) groups is 1. The van der Waals surface area contributed by atoms with E-state index in [0.717, 1.165) is 11.1 Å². The molecule has 0 bridgehead atoms. The van der Waals surface area contributed by atoms with Crippen molar-refractivity contribution in [3.05, 3.63) is 59.7 Å². The van der Waals surface area contributed by atoms with Gasteiger partial charge < -0.3 is 4.74 Å². The van der Waals surface area contributed by atoms with Gasteiger partial charge in [0.05, 0.1) is 12.7 Å². The lowest BCUT2D eigenvalue weighted by molar-refractivity contribution is 0.102. The Morgan fingerprint density at radius 2 is 1.88 bits per heavy atom. The molecule has 1 N–H and O–H groups in total. The first-order valence-electron chi connectivity index (χ1n) is 7.90. The number of ether oxygens (including phenoxy) is 1. The van der Waals surface area contributed by atoms with Crippen LogP contribution in [0.5, 0.6) is 5.75 Å². The zero-order chi connectivity index (χ0) is 18.1. The van der Waals surface area contributed by atoms with Gasteiger partial charge in [0.25, 0.3) is 5.91 Å².